The molecule has 1 N–H and O–H groups in total. The standard InChI is InChI=1S/C13H22N4O/c1-13(2,3)12-14-10(15-16-12)11(18)17(4)8-9-6-5-7-9/h9H,5-8H2,1-4H3,(H,14,15,16). The van der Waals surface area contributed by atoms with Crippen molar-refractivity contribution in [1.82, 2.24) is 20.1 Å². The molecule has 5 nitrogen and oxygen atoms in total. The minimum Gasteiger partial charge on any atom is -0.339 e. The molecule has 2 rings (SSSR count). The molecule has 1 aromatic heterocycles. The first-order chi connectivity index (χ1) is 8.38. The summed E-state index contributed by atoms with van der Waals surface area (Å²) in [7, 11) is 1.83. The molecule has 1 saturated carbocycles. The van der Waals surface area contributed by atoms with Crippen LogP contribution in [0.2, 0.25) is 0 Å². The number of amides is 1. The maximum atomic E-state index is 12.1. The Bertz CT molecular complexity index is 428. The topological polar surface area (TPSA) is 61.9 Å². The number of carbonyl (C=O) groups is 1. The van der Waals surface area contributed by atoms with Crippen LogP contribution in [0.4, 0.5) is 0 Å². The van der Waals surface area contributed by atoms with Gasteiger partial charge in [0, 0.05) is 19.0 Å². The highest BCUT2D eigenvalue weighted by atomic mass is 16.2. The Balaban J connectivity index is 2.01. The number of H-pyrrole nitrogens is 1. The molecule has 0 bridgehead atoms. The van der Waals surface area contributed by atoms with Crippen LogP contribution in [0.15, 0.2) is 0 Å². The predicted molar refractivity (Wildman–Crippen MR) is 69.4 cm³/mol. The van der Waals surface area contributed by atoms with Gasteiger partial charge in [-0.15, -0.1) is 5.10 Å². The van der Waals surface area contributed by atoms with Gasteiger partial charge in [0.25, 0.3) is 5.91 Å². The van der Waals surface area contributed by atoms with Crippen molar-refractivity contribution in [3.63, 3.8) is 0 Å². The smallest absolute Gasteiger partial charge is 0.293 e. The molecule has 0 spiro atoms. The van der Waals surface area contributed by atoms with Crippen molar-refractivity contribution in [2.24, 2.45) is 5.92 Å². The first kappa shape index (κ1) is 13.1. The monoisotopic (exact) mass is 250 g/mol. The van der Waals surface area contributed by atoms with Gasteiger partial charge in [-0.3, -0.25) is 9.89 Å². The van der Waals surface area contributed by atoms with Crippen molar-refractivity contribution in [3.05, 3.63) is 11.6 Å². The molecule has 0 atom stereocenters. The molecule has 5 heteroatoms. The summed E-state index contributed by atoms with van der Waals surface area (Å²) in [6.45, 7) is 6.94. The molecule has 1 aliphatic rings. The Hall–Kier alpha value is -1.39. The molecule has 0 radical (unpaired) electrons. The largest absolute Gasteiger partial charge is 0.339 e. The summed E-state index contributed by atoms with van der Waals surface area (Å²) < 4.78 is 0. The van der Waals surface area contributed by atoms with Gasteiger partial charge in [0.15, 0.2) is 0 Å². The normalized spacial score (nSPS) is 16.4. The summed E-state index contributed by atoms with van der Waals surface area (Å²) >= 11 is 0. The van der Waals surface area contributed by atoms with Crippen LogP contribution in [0.3, 0.4) is 0 Å². The van der Waals surface area contributed by atoms with Crippen molar-refractivity contribution >= 4 is 5.91 Å². The van der Waals surface area contributed by atoms with Gasteiger partial charge in [-0.25, -0.2) is 4.98 Å². The number of nitrogens with zero attached hydrogens (tertiary/aromatic N) is 3. The third kappa shape index (κ3) is 2.71. The third-order valence-corrected chi connectivity index (χ3v) is 3.49. The fourth-order valence-corrected chi connectivity index (χ4v) is 2.01. The SMILES string of the molecule is CN(CC1CCC1)C(=O)c1n[nH]c(C(C)(C)C)n1. The van der Waals surface area contributed by atoms with Gasteiger partial charge in [0.2, 0.25) is 5.82 Å². The second kappa shape index (κ2) is 4.71. The summed E-state index contributed by atoms with van der Waals surface area (Å²) in [6, 6.07) is 0. The minimum absolute atomic E-state index is 0.0892. The Morgan fingerprint density at radius 3 is 2.56 bits per heavy atom. The van der Waals surface area contributed by atoms with Crippen LogP contribution in [0, 0.1) is 5.92 Å². The third-order valence-electron chi connectivity index (χ3n) is 3.49. The lowest BCUT2D eigenvalue weighted by atomic mass is 9.85. The van der Waals surface area contributed by atoms with Crippen LogP contribution < -0.4 is 0 Å². The van der Waals surface area contributed by atoms with Crippen molar-refractivity contribution in [2.45, 2.75) is 45.4 Å². The lowest BCUT2D eigenvalue weighted by molar-refractivity contribution is 0.0733. The van der Waals surface area contributed by atoms with Gasteiger partial charge < -0.3 is 4.90 Å². The number of hydrogen-bond acceptors (Lipinski definition) is 3. The molecule has 0 aliphatic heterocycles. The van der Waals surface area contributed by atoms with Crippen LogP contribution in [-0.2, 0) is 5.41 Å². The summed E-state index contributed by atoms with van der Waals surface area (Å²) in [5.74, 6) is 1.61. The van der Waals surface area contributed by atoms with E-state index in [1.807, 2.05) is 27.8 Å². The number of carbonyl (C=O) groups excluding carboxylic acids is 1. The van der Waals surface area contributed by atoms with E-state index in [0.29, 0.717) is 5.92 Å². The Labute approximate surface area is 108 Å². The first-order valence-electron chi connectivity index (χ1n) is 6.56. The van der Waals surface area contributed by atoms with E-state index in [1.54, 1.807) is 4.90 Å². The highest BCUT2D eigenvalue weighted by Crippen LogP contribution is 2.27. The maximum Gasteiger partial charge on any atom is 0.293 e. The van der Waals surface area contributed by atoms with E-state index in [-0.39, 0.29) is 17.1 Å². The fourth-order valence-electron chi connectivity index (χ4n) is 2.01. The van der Waals surface area contributed by atoms with Gasteiger partial charge in [-0.05, 0) is 18.8 Å². The predicted octanol–water partition coefficient (Wildman–Crippen LogP) is 1.97. The molecule has 1 amide bonds. The molecule has 1 fully saturated rings. The second-order valence-electron chi connectivity index (χ2n) is 6.24. The number of aromatic amines is 1. The highest BCUT2D eigenvalue weighted by molar-refractivity contribution is 5.90. The van der Waals surface area contributed by atoms with Crippen molar-refractivity contribution in [2.75, 3.05) is 13.6 Å². The molecule has 100 valence electrons. The van der Waals surface area contributed by atoms with Crippen LogP contribution in [0.25, 0.3) is 0 Å². The average molecular weight is 250 g/mol. The number of hydrogen-bond donors (Lipinski definition) is 1. The lowest BCUT2D eigenvalue weighted by Crippen LogP contribution is -2.34. The fraction of sp³-hybridized carbons (Fsp3) is 0.769. The summed E-state index contributed by atoms with van der Waals surface area (Å²) in [4.78, 5) is 18.2. The Morgan fingerprint density at radius 2 is 2.11 bits per heavy atom. The van der Waals surface area contributed by atoms with Crippen LogP contribution in [-0.4, -0.2) is 39.6 Å². The molecular formula is C13H22N4O. The summed E-state index contributed by atoms with van der Waals surface area (Å²) in [5.41, 5.74) is -0.113. The quantitative estimate of drug-likeness (QED) is 0.892. The van der Waals surface area contributed by atoms with Crippen LogP contribution in [0.5, 0.6) is 0 Å². The Kier molecular flexibility index (Phi) is 3.41. The zero-order valence-electron chi connectivity index (χ0n) is 11.7. The molecule has 1 heterocycles. The molecule has 0 aromatic carbocycles. The van der Waals surface area contributed by atoms with E-state index < -0.39 is 0 Å². The zero-order chi connectivity index (χ0) is 13.3. The first-order valence-corrected chi connectivity index (χ1v) is 6.56. The molecule has 0 saturated heterocycles. The molecular weight excluding hydrogens is 228 g/mol. The van der Waals surface area contributed by atoms with E-state index >= 15 is 0 Å². The van der Waals surface area contributed by atoms with Gasteiger partial charge in [0.1, 0.15) is 5.82 Å². The average Bonchev–Trinajstić information content (AvgIpc) is 2.70. The molecule has 18 heavy (non-hydrogen) atoms. The number of aromatic nitrogens is 3. The molecule has 0 unspecified atom stereocenters. The van der Waals surface area contributed by atoms with Gasteiger partial charge in [0.05, 0.1) is 0 Å². The minimum atomic E-state index is -0.113. The number of nitrogens with one attached hydrogen (secondary N) is 1. The van der Waals surface area contributed by atoms with Crippen molar-refractivity contribution in [3.8, 4) is 0 Å². The summed E-state index contributed by atoms with van der Waals surface area (Å²) in [5, 5.41) is 6.88. The van der Waals surface area contributed by atoms with Gasteiger partial charge in [-0.2, -0.15) is 0 Å². The van der Waals surface area contributed by atoms with E-state index in [0.717, 1.165) is 12.4 Å². The Morgan fingerprint density at radius 1 is 1.44 bits per heavy atom. The highest BCUT2D eigenvalue weighted by Gasteiger charge is 2.26. The van der Waals surface area contributed by atoms with Crippen LogP contribution in [0.1, 0.15) is 56.5 Å². The van der Waals surface area contributed by atoms with E-state index in [4.69, 9.17) is 0 Å². The van der Waals surface area contributed by atoms with E-state index in [1.165, 1.54) is 19.3 Å². The molecule has 1 aliphatic carbocycles. The molecule has 1 aromatic rings. The zero-order valence-corrected chi connectivity index (χ0v) is 11.7. The maximum absolute atomic E-state index is 12.1. The lowest BCUT2D eigenvalue weighted by Gasteiger charge is -2.29. The second-order valence-corrected chi connectivity index (χ2v) is 6.24. The van der Waals surface area contributed by atoms with Gasteiger partial charge in [-0.1, -0.05) is 27.2 Å². The van der Waals surface area contributed by atoms with Crippen LogP contribution >= 0.6 is 0 Å². The van der Waals surface area contributed by atoms with E-state index in [2.05, 4.69) is 15.2 Å². The number of rotatable bonds is 3. The van der Waals surface area contributed by atoms with Crippen molar-refractivity contribution < 1.29 is 4.79 Å². The van der Waals surface area contributed by atoms with Crippen molar-refractivity contribution in [1.29, 1.82) is 0 Å². The van der Waals surface area contributed by atoms with E-state index in [9.17, 15) is 4.79 Å². The summed E-state index contributed by atoms with van der Waals surface area (Å²) in [6.07, 6.45) is 3.76. The van der Waals surface area contributed by atoms with Gasteiger partial charge >= 0.3 is 0 Å².